The van der Waals surface area contributed by atoms with E-state index in [0.29, 0.717) is 4.90 Å². The average Bonchev–Trinajstić information content (AvgIpc) is 2.88. The summed E-state index contributed by atoms with van der Waals surface area (Å²) in [7, 11) is 0. The molecule has 2 aromatic rings. The van der Waals surface area contributed by atoms with Crippen LogP contribution in [0.15, 0.2) is 48.5 Å². The number of imide groups is 1. The minimum atomic E-state index is -1.80. The molecular weight excluding hydrogens is 368 g/mol. The molecule has 2 atom stereocenters. The number of benzene rings is 2. The van der Waals surface area contributed by atoms with E-state index in [2.05, 4.69) is 10.6 Å². The highest BCUT2D eigenvalue weighted by atomic mass is 19.1. The predicted molar refractivity (Wildman–Crippen MR) is 97.0 cm³/mol. The first kappa shape index (κ1) is 19.5. The van der Waals surface area contributed by atoms with Gasteiger partial charge in [0.15, 0.2) is 0 Å². The van der Waals surface area contributed by atoms with Crippen LogP contribution < -0.4 is 10.6 Å². The number of carbonyl (C=O) groups excluding carboxylic acids is 3. The summed E-state index contributed by atoms with van der Waals surface area (Å²) < 4.78 is 27.7. The number of amides is 4. The van der Waals surface area contributed by atoms with E-state index in [1.165, 1.54) is 6.92 Å². The predicted octanol–water partition coefficient (Wildman–Crippen LogP) is 2.61. The first-order valence-corrected chi connectivity index (χ1v) is 8.66. The fourth-order valence-electron chi connectivity index (χ4n) is 3.16. The van der Waals surface area contributed by atoms with Gasteiger partial charge in [0.1, 0.15) is 23.7 Å². The second-order valence-electron chi connectivity index (χ2n) is 6.77. The standard InChI is InChI=1S/C20H19F2N3O3/c1-12(13-6-4-3-5-7-13)23-17(26)11-25-18(27)20(2,24-19(25)28)15-10-14(21)8-9-16(15)22/h3-10,12H,11H2,1-2H3,(H,23,26)(H,24,28)/t12-,20-/m1/s1. The van der Waals surface area contributed by atoms with E-state index in [0.717, 1.165) is 23.8 Å². The Kier molecular flexibility index (Phi) is 5.13. The molecule has 0 aliphatic carbocycles. The van der Waals surface area contributed by atoms with Crippen LogP contribution in [0.5, 0.6) is 0 Å². The minimum Gasteiger partial charge on any atom is -0.348 e. The molecule has 0 radical (unpaired) electrons. The second kappa shape index (κ2) is 7.38. The molecule has 1 saturated heterocycles. The molecule has 28 heavy (non-hydrogen) atoms. The molecule has 1 aliphatic rings. The van der Waals surface area contributed by atoms with Crippen molar-refractivity contribution < 1.29 is 23.2 Å². The Morgan fingerprint density at radius 1 is 1.18 bits per heavy atom. The highest BCUT2D eigenvalue weighted by Crippen LogP contribution is 2.31. The summed E-state index contributed by atoms with van der Waals surface area (Å²) in [5, 5.41) is 5.06. The van der Waals surface area contributed by atoms with Gasteiger partial charge in [-0.15, -0.1) is 0 Å². The zero-order valence-electron chi connectivity index (χ0n) is 15.3. The molecule has 1 heterocycles. The van der Waals surface area contributed by atoms with Gasteiger partial charge in [0.25, 0.3) is 5.91 Å². The molecule has 4 amide bonds. The van der Waals surface area contributed by atoms with E-state index >= 15 is 0 Å². The topological polar surface area (TPSA) is 78.5 Å². The summed E-state index contributed by atoms with van der Waals surface area (Å²) in [5.41, 5.74) is -1.24. The quantitative estimate of drug-likeness (QED) is 0.774. The van der Waals surface area contributed by atoms with Crippen molar-refractivity contribution in [2.75, 3.05) is 6.54 Å². The molecule has 6 nitrogen and oxygen atoms in total. The van der Waals surface area contributed by atoms with Gasteiger partial charge in [0.05, 0.1) is 6.04 Å². The molecule has 8 heteroatoms. The zero-order chi connectivity index (χ0) is 20.5. The lowest BCUT2D eigenvalue weighted by Crippen LogP contribution is -2.44. The summed E-state index contributed by atoms with van der Waals surface area (Å²) in [6.07, 6.45) is 0. The van der Waals surface area contributed by atoms with Crippen molar-refractivity contribution in [2.24, 2.45) is 0 Å². The van der Waals surface area contributed by atoms with Crippen LogP contribution in [0, 0.1) is 11.6 Å². The van der Waals surface area contributed by atoms with E-state index in [1.807, 2.05) is 30.3 Å². The van der Waals surface area contributed by atoms with Crippen molar-refractivity contribution in [1.29, 1.82) is 0 Å². The van der Waals surface area contributed by atoms with Gasteiger partial charge >= 0.3 is 6.03 Å². The lowest BCUT2D eigenvalue weighted by atomic mass is 9.91. The number of hydrogen-bond acceptors (Lipinski definition) is 3. The molecule has 2 aromatic carbocycles. The Morgan fingerprint density at radius 3 is 2.54 bits per heavy atom. The Balaban J connectivity index is 1.75. The van der Waals surface area contributed by atoms with Crippen molar-refractivity contribution >= 4 is 17.8 Å². The molecule has 0 spiro atoms. The zero-order valence-corrected chi connectivity index (χ0v) is 15.3. The smallest absolute Gasteiger partial charge is 0.325 e. The molecule has 1 aliphatic heterocycles. The highest BCUT2D eigenvalue weighted by molar-refractivity contribution is 6.09. The van der Waals surface area contributed by atoms with Crippen LogP contribution in [0.4, 0.5) is 13.6 Å². The van der Waals surface area contributed by atoms with Gasteiger partial charge in [-0.1, -0.05) is 30.3 Å². The Bertz CT molecular complexity index is 936. The van der Waals surface area contributed by atoms with Crippen LogP contribution >= 0.6 is 0 Å². The molecular formula is C20H19F2N3O3. The first-order valence-electron chi connectivity index (χ1n) is 8.66. The van der Waals surface area contributed by atoms with Gasteiger partial charge in [0, 0.05) is 5.56 Å². The fourth-order valence-corrected chi connectivity index (χ4v) is 3.16. The van der Waals surface area contributed by atoms with E-state index < -0.39 is 41.6 Å². The molecule has 0 unspecified atom stereocenters. The van der Waals surface area contributed by atoms with Crippen LogP contribution in [0.1, 0.15) is 31.0 Å². The maximum Gasteiger partial charge on any atom is 0.325 e. The van der Waals surface area contributed by atoms with Crippen LogP contribution in [0.2, 0.25) is 0 Å². The highest BCUT2D eigenvalue weighted by Gasteiger charge is 2.50. The second-order valence-corrected chi connectivity index (χ2v) is 6.77. The fraction of sp³-hybridized carbons (Fsp3) is 0.250. The Labute approximate surface area is 160 Å². The summed E-state index contributed by atoms with van der Waals surface area (Å²) >= 11 is 0. The van der Waals surface area contributed by atoms with Gasteiger partial charge in [-0.2, -0.15) is 0 Å². The van der Waals surface area contributed by atoms with E-state index in [4.69, 9.17) is 0 Å². The maximum absolute atomic E-state index is 14.1. The van der Waals surface area contributed by atoms with Crippen molar-refractivity contribution in [3.05, 3.63) is 71.3 Å². The van der Waals surface area contributed by atoms with Crippen molar-refractivity contribution in [2.45, 2.75) is 25.4 Å². The van der Waals surface area contributed by atoms with Crippen LogP contribution in [0.25, 0.3) is 0 Å². The number of halogens is 2. The van der Waals surface area contributed by atoms with Crippen LogP contribution in [0.3, 0.4) is 0 Å². The molecule has 1 fully saturated rings. The summed E-state index contributed by atoms with van der Waals surface area (Å²) in [4.78, 5) is 38.0. The van der Waals surface area contributed by atoms with E-state index in [9.17, 15) is 23.2 Å². The first-order chi connectivity index (χ1) is 13.2. The molecule has 0 aromatic heterocycles. The number of urea groups is 1. The largest absolute Gasteiger partial charge is 0.348 e. The van der Waals surface area contributed by atoms with Gasteiger partial charge in [-0.3, -0.25) is 14.5 Å². The maximum atomic E-state index is 14.1. The molecule has 3 rings (SSSR count). The van der Waals surface area contributed by atoms with Gasteiger partial charge in [-0.05, 0) is 37.6 Å². The Hall–Kier alpha value is -3.29. The van der Waals surface area contributed by atoms with Crippen LogP contribution in [-0.2, 0) is 15.1 Å². The normalized spacial score (nSPS) is 20.1. The number of nitrogens with one attached hydrogen (secondary N) is 2. The third kappa shape index (κ3) is 3.58. The van der Waals surface area contributed by atoms with Gasteiger partial charge < -0.3 is 10.6 Å². The molecule has 0 saturated carbocycles. The lowest BCUT2D eigenvalue weighted by Gasteiger charge is -2.23. The number of nitrogens with zero attached hydrogens (tertiary/aromatic N) is 1. The average molecular weight is 387 g/mol. The molecule has 146 valence electrons. The van der Waals surface area contributed by atoms with Crippen molar-refractivity contribution in [3.8, 4) is 0 Å². The van der Waals surface area contributed by atoms with Crippen molar-refractivity contribution in [1.82, 2.24) is 15.5 Å². The summed E-state index contributed by atoms with van der Waals surface area (Å²) in [6.45, 7) is 2.51. The van der Waals surface area contributed by atoms with E-state index in [1.54, 1.807) is 6.92 Å². The van der Waals surface area contributed by atoms with Gasteiger partial charge in [-0.25, -0.2) is 13.6 Å². The molecule has 2 N–H and O–H groups in total. The summed E-state index contributed by atoms with van der Waals surface area (Å²) in [6, 6.07) is 10.6. The third-order valence-electron chi connectivity index (χ3n) is 4.72. The summed E-state index contributed by atoms with van der Waals surface area (Å²) in [5.74, 6) is -2.96. The minimum absolute atomic E-state index is 0.300. The number of rotatable bonds is 5. The number of carbonyl (C=O) groups is 3. The molecule has 0 bridgehead atoms. The van der Waals surface area contributed by atoms with Gasteiger partial charge in [0.2, 0.25) is 5.91 Å². The van der Waals surface area contributed by atoms with Crippen molar-refractivity contribution in [3.63, 3.8) is 0 Å². The third-order valence-corrected chi connectivity index (χ3v) is 4.72. The van der Waals surface area contributed by atoms with Crippen LogP contribution in [-0.4, -0.2) is 29.3 Å². The SMILES string of the molecule is C[C@@H](NC(=O)CN1C(=O)N[C@](C)(c2cc(F)ccc2F)C1=O)c1ccccc1. The Morgan fingerprint density at radius 2 is 1.86 bits per heavy atom. The number of hydrogen-bond donors (Lipinski definition) is 2. The van der Waals surface area contributed by atoms with E-state index in [-0.39, 0.29) is 11.6 Å². The lowest BCUT2D eigenvalue weighted by molar-refractivity contribution is -0.135. The monoisotopic (exact) mass is 387 g/mol.